The molecule has 0 bridgehead atoms. The molecule has 0 saturated heterocycles. The fraction of sp³-hybridized carbons (Fsp3) is 0. The minimum absolute atomic E-state index is 0.178. The zero-order valence-corrected chi connectivity index (χ0v) is 11.7. The summed E-state index contributed by atoms with van der Waals surface area (Å²) in [6, 6.07) is 14.1. The lowest BCUT2D eigenvalue weighted by Crippen LogP contribution is -2.11. The summed E-state index contributed by atoms with van der Waals surface area (Å²) < 4.78 is 1.63. The number of aromatic nitrogens is 3. The molecule has 104 valence electrons. The molecule has 1 aromatic heterocycles. The van der Waals surface area contributed by atoms with Crippen LogP contribution in [-0.2, 0) is 0 Å². The van der Waals surface area contributed by atoms with E-state index in [1.165, 1.54) is 6.33 Å². The molecule has 0 saturated carbocycles. The highest BCUT2D eigenvalue weighted by Gasteiger charge is 2.06. The van der Waals surface area contributed by atoms with E-state index in [0.717, 1.165) is 5.69 Å². The maximum atomic E-state index is 12.1. The number of nitrogens with zero attached hydrogens (tertiary/aromatic N) is 3. The van der Waals surface area contributed by atoms with Crippen molar-refractivity contribution in [2.24, 2.45) is 0 Å². The van der Waals surface area contributed by atoms with Crippen molar-refractivity contribution in [2.45, 2.75) is 0 Å². The van der Waals surface area contributed by atoms with E-state index in [0.29, 0.717) is 16.3 Å². The van der Waals surface area contributed by atoms with Crippen molar-refractivity contribution >= 4 is 23.2 Å². The summed E-state index contributed by atoms with van der Waals surface area (Å²) in [4.78, 5) is 16.0. The van der Waals surface area contributed by atoms with E-state index in [1.807, 2.05) is 12.1 Å². The van der Waals surface area contributed by atoms with E-state index >= 15 is 0 Å². The van der Waals surface area contributed by atoms with Crippen molar-refractivity contribution in [3.8, 4) is 5.69 Å². The third kappa shape index (κ3) is 3.09. The number of hydrogen-bond acceptors (Lipinski definition) is 3. The van der Waals surface area contributed by atoms with Gasteiger partial charge in [-0.3, -0.25) is 4.79 Å². The maximum absolute atomic E-state index is 12.1. The Morgan fingerprint density at radius 1 is 1.05 bits per heavy atom. The van der Waals surface area contributed by atoms with E-state index in [-0.39, 0.29) is 5.91 Å². The van der Waals surface area contributed by atoms with Gasteiger partial charge < -0.3 is 5.32 Å². The van der Waals surface area contributed by atoms with Gasteiger partial charge in [0.1, 0.15) is 12.7 Å². The fourth-order valence-electron chi connectivity index (χ4n) is 1.84. The smallest absolute Gasteiger partial charge is 0.255 e. The lowest BCUT2D eigenvalue weighted by atomic mass is 10.2. The highest BCUT2D eigenvalue weighted by molar-refractivity contribution is 6.30. The lowest BCUT2D eigenvalue weighted by molar-refractivity contribution is 0.102. The Bertz CT molecular complexity index is 736. The van der Waals surface area contributed by atoms with Gasteiger partial charge in [-0.15, -0.1) is 0 Å². The summed E-state index contributed by atoms with van der Waals surface area (Å²) in [5.41, 5.74) is 2.11. The number of amides is 1. The van der Waals surface area contributed by atoms with Crippen LogP contribution in [0.5, 0.6) is 0 Å². The number of rotatable bonds is 3. The molecule has 3 aromatic rings. The van der Waals surface area contributed by atoms with Crippen molar-refractivity contribution in [1.29, 1.82) is 0 Å². The molecule has 21 heavy (non-hydrogen) atoms. The van der Waals surface area contributed by atoms with E-state index < -0.39 is 0 Å². The molecule has 0 fully saturated rings. The summed E-state index contributed by atoms with van der Waals surface area (Å²) in [5.74, 6) is -0.178. The minimum atomic E-state index is -0.178. The van der Waals surface area contributed by atoms with Crippen LogP contribution in [0.15, 0.2) is 61.2 Å². The van der Waals surface area contributed by atoms with Crippen molar-refractivity contribution in [2.75, 3.05) is 5.32 Å². The highest BCUT2D eigenvalue weighted by Crippen LogP contribution is 2.15. The highest BCUT2D eigenvalue weighted by atomic mass is 35.5. The zero-order valence-electron chi connectivity index (χ0n) is 10.9. The maximum Gasteiger partial charge on any atom is 0.255 e. The quantitative estimate of drug-likeness (QED) is 0.808. The topological polar surface area (TPSA) is 59.8 Å². The van der Waals surface area contributed by atoms with Gasteiger partial charge in [0, 0.05) is 16.3 Å². The van der Waals surface area contributed by atoms with Crippen LogP contribution in [-0.4, -0.2) is 20.7 Å². The molecule has 3 rings (SSSR count). The molecular formula is C15H11ClN4O. The van der Waals surface area contributed by atoms with Crippen molar-refractivity contribution in [3.63, 3.8) is 0 Å². The molecule has 0 unspecified atom stereocenters. The molecule has 0 atom stereocenters. The molecular weight excluding hydrogens is 288 g/mol. The second-order valence-corrected chi connectivity index (χ2v) is 4.78. The van der Waals surface area contributed by atoms with E-state index in [2.05, 4.69) is 15.4 Å². The average molecular weight is 299 g/mol. The van der Waals surface area contributed by atoms with Gasteiger partial charge in [-0.05, 0) is 48.5 Å². The molecule has 0 aliphatic carbocycles. The standard InChI is InChI=1S/C15H11ClN4O/c16-12-3-5-13(6-4-12)19-15(21)11-1-7-14(8-2-11)20-10-17-9-18-20/h1-10H,(H,19,21). The Morgan fingerprint density at radius 3 is 2.38 bits per heavy atom. The molecule has 1 amide bonds. The number of carbonyl (C=O) groups is 1. The van der Waals surface area contributed by atoms with Crippen LogP contribution in [0.1, 0.15) is 10.4 Å². The van der Waals surface area contributed by atoms with E-state index in [4.69, 9.17) is 11.6 Å². The Morgan fingerprint density at radius 2 is 1.76 bits per heavy atom. The van der Waals surface area contributed by atoms with Crippen LogP contribution >= 0.6 is 11.6 Å². The Labute approximate surface area is 126 Å². The number of hydrogen-bond donors (Lipinski definition) is 1. The van der Waals surface area contributed by atoms with Gasteiger partial charge in [0.2, 0.25) is 0 Å². The molecule has 0 aliphatic rings. The summed E-state index contributed by atoms with van der Waals surface area (Å²) in [6.07, 6.45) is 3.06. The number of anilines is 1. The third-order valence-corrected chi connectivity index (χ3v) is 3.17. The Kier molecular flexibility index (Phi) is 3.66. The molecule has 5 nitrogen and oxygen atoms in total. The second-order valence-electron chi connectivity index (χ2n) is 4.35. The van der Waals surface area contributed by atoms with Crippen LogP contribution in [0, 0.1) is 0 Å². The van der Waals surface area contributed by atoms with Crippen LogP contribution in [0.4, 0.5) is 5.69 Å². The predicted octanol–water partition coefficient (Wildman–Crippen LogP) is 3.17. The Balaban J connectivity index is 1.74. The third-order valence-electron chi connectivity index (χ3n) is 2.91. The normalized spacial score (nSPS) is 10.3. The van der Waals surface area contributed by atoms with Crippen LogP contribution in [0.25, 0.3) is 5.69 Å². The van der Waals surface area contributed by atoms with Gasteiger partial charge >= 0.3 is 0 Å². The SMILES string of the molecule is O=C(Nc1ccc(Cl)cc1)c1ccc(-n2cncn2)cc1. The summed E-state index contributed by atoms with van der Waals surface area (Å²) in [6.45, 7) is 0. The van der Waals surface area contributed by atoms with Gasteiger partial charge in [-0.2, -0.15) is 5.10 Å². The second kappa shape index (κ2) is 5.76. The molecule has 0 radical (unpaired) electrons. The summed E-state index contributed by atoms with van der Waals surface area (Å²) in [7, 11) is 0. The van der Waals surface area contributed by atoms with Gasteiger partial charge in [-0.25, -0.2) is 9.67 Å². The molecule has 0 spiro atoms. The molecule has 2 aromatic carbocycles. The average Bonchev–Trinajstić information content (AvgIpc) is 3.04. The lowest BCUT2D eigenvalue weighted by Gasteiger charge is -2.06. The molecule has 1 heterocycles. The molecule has 6 heteroatoms. The van der Waals surface area contributed by atoms with Crippen LogP contribution in [0.2, 0.25) is 5.02 Å². The molecule has 1 N–H and O–H groups in total. The monoisotopic (exact) mass is 298 g/mol. The van der Waals surface area contributed by atoms with Crippen LogP contribution < -0.4 is 5.32 Å². The van der Waals surface area contributed by atoms with Gasteiger partial charge in [-0.1, -0.05) is 11.6 Å². The van der Waals surface area contributed by atoms with Crippen LogP contribution in [0.3, 0.4) is 0 Å². The van der Waals surface area contributed by atoms with Gasteiger partial charge in [0.25, 0.3) is 5.91 Å². The first-order valence-electron chi connectivity index (χ1n) is 6.24. The van der Waals surface area contributed by atoms with Gasteiger partial charge in [0.05, 0.1) is 5.69 Å². The first-order valence-corrected chi connectivity index (χ1v) is 6.62. The van der Waals surface area contributed by atoms with Gasteiger partial charge in [0.15, 0.2) is 0 Å². The Hall–Kier alpha value is -2.66. The first kappa shape index (κ1) is 13.3. The zero-order chi connectivity index (χ0) is 14.7. The van der Waals surface area contributed by atoms with E-state index in [9.17, 15) is 4.79 Å². The number of benzene rings is 2. The van der Waals surface area contributed by atoms with Crippen molar-refractivity contribution < 1.29 is 4.79 Å². The summed E-state index contributed by atoms with van der Waals surface area (Å²) >= 11 is 5.81. The number of carbonyl (C=O) groups excluding carboxylic acids is 1. The predicted molar refractivity (Wildman–Crippen MR) is 80.8 cm³/mol. The number of halogens is 1. The minimum Gasteiger partial charge on any atom is -0.322 e. The van der Waals surface area contributed by atoms with Crippen molar-refractivity contribution in [3.05, 3.63) is 71.8 Å². The largest absolute Gasteiger partial charge is 0.322 e. The summed E-state index contributed by atoms with van der Waals surface area (Å²) in [5, 5.41) is 7.47. The number of nitrogens with one attached hydrogen (secondary N) is 1. The molecule has 0 aliphatic heterocycles. The van der Waals surface area contributed by atoms with E-state index in [1.54, 1.807) is 47.4 Å². The van der Waals surface area contributed by atoms with Crippen molar-refractivity contribution in [1.82, 2.24) is 14.8 Å². The fourth-order valence-corrected chi connectivity index (χ4v) is 1.97. The first-order chi connectivity index (χ1) is 10.2.